The first-order chi connectivity index (χ1) is 13.8. The molecule has 2 N–H and O–H groups in total. The molecule has 0 saturated heterocycles. The third-order valence-electron chi connectivity index (χ3n) is 5.32. The number of ether oxygens (including phenoxy) is 1. The second-order valence-electron chi connectivity index (χ2n) is 7.07. The van der Waals surface area contributed by atoms with Crippen LogP contribution in [0.5, 0.6) is 5.75 Å². The Morgan fingerprint density at radius 1 is 1.14 bits per heavy atom. The highest BCUT2D eigenvalue weighted by Gasteiger charge is 2.48. The van der Waals surface area contributed by atoms with Crippen molar-refractivity contribution in [3.05, 3.63) is 63.3 Å². The third-order valence-corrected chi connectivity index (χ3v) is 6.05. The predicted molar refractivity (Wildman–Crippen MR) is 109 cm³/mol. The monoisotopic (exact) mass is 433 g/mol. The van der Waals surface area contributed by atoms with E-state index in [1.165, 1.54) is 7.11 Å². The Labute approximate surface area is 176 Å². The molecule has 0 spiro atoms. The normalized spacial score (nSPS) is 18.0. The SMILES string of the molecule is COc1ccc2c(c1)c([C@@H]1C[C@H]1C(=O)O)c(C(=O)O)n2Cc1ccc(Cl)c(Cl)c1. The summed E-state index contributed by atoms with van der Waals surface area (Å²) in [5.74, 6) is -2.37. The highest BCUT2D eigenvalue weighted by molar-refractivity contribution is 6.42. The van der Waals surface area contributed by atoms with E-state index in [-0.39, 0.29) is 18.2 Å². The molecule has 1 heterocycles. The number of fused-ring (bicyclic) bond motifs is 1. The zero-order valence-corrected chi connectivity index (χ0v) is 16.9. The van der Waals surface area contributed by atoms with Crippen LogP contribution in [0.4, 0.5) is 0 Å². The van der Waals surface area contributed by atoms with E-state index in [1.807, 2.05) is 0 Å². The maximum atomic E-state index is 12.2. The van der Waals surface area contributed by atoms with Gasteiger partial charge in [-0.2, -0.15) is 0 Å². The van der Waals surface area contributed by atoms with Crippen LogP contribution in [-0.4, -0.2) is 33.8 Å². The number of aliphatic carboxylic acids is 1. The quantitative estimate of drug-likeness (QED) is 0.577. The third kappa shape index (κ3) is 3.43. The van der Waals surface area contributed by atoms with E-state index >= 15 is 0 Å². The van der Waals surface area contributed by atoms with Gasteiger partial charge in [-0.25, -0.2) is 4.79 Å². The summed E-state index contributed by atoms with van der Waals surface area (Å²) in [4.78, 5) is 23.7. The van der Waals surface area contributed by atoms with Gasteiger partial charge in [0.1, 0.15) is 11.4 Å². The van der Waals surface area contributed by atoms with Crippen molar-refractivity contribution in [2.45, 2.75) is 18.9 Å². The average molecular weight is 434 g/mol. The summed E-state index contributed by atoms with van der Waals surface area (Å²) in [7, 11) is 1.53. The maximum absolute atomic E-state index is 12.2. The summed E-state index contributed by atoms with van der Waals surface area (Å²) in [6.45, 7) is 0.256. The van der Waals surface area contributed by atoms with E-state index in [0.717, 1.165) is 5.56 Å². The van der Waals surface area contributed by atoms with Crippen molar-refractivity contribution in [1.29, 1.82) is 0 Å². The van der Waals surface area contributed by atoms with Crippen LogP contribution < -0.4 is 4.74 Å². The molecule has 0 radical (unpaired) electrons. The van der Waals surface area contributed by atoms with Crippen molar-refractivity contribution in [2.24, 2.45) is 5.92 Å². The lowest BCUT2D eigenvalue weighted by molar-refractivity contribution is -0.138. The predicted octanol–water partition coefficient (Wildman–Crippen LogP) is 4.89. The van der Waals surface area contributed by atoms with Crippen molar-refractivity contribution in [1.82, 2.24) is 4.57 Å². The molecule has 1 aliphatic rings. The second kappa shape index (κ2) is 7.28. The number of aromatic carboxylic acids is 1. The molecule has 8 heteroatoms. The van der Waals surface area contributed by atoms with Gasteiger partial charge < -0.3 is 19.5 Å². The number of hydrogen-bond donors (Lipinski definition) is 2. The fourth-order valence-electron chi connectivity index (χ4n) is 3.86. The first-order valence-corrected chi connectivity index (χ1v) is 9.67. The van der Waals surface area contributed by atoms with Gasteiger partial charge >= 0.3 is 11.9 Å². The summed E-state index contributed by atoms with van der Waals surface area (Å²) in [5, 5.41) is 20.9. The molecular formula is C21H17Cl2NO5. The second-order valence-corrected chi connectivity index (χ2v) is 7.89. The van der Waals surface area contributed by atoms with Gasteiger partial charge in [0.15, 0.2) is 0 Å². The van der Waals surface area contributed by atoms with Crippen LogP contribution in [0.3, 0.4) is 0 Å². The summed E-state index contributed by atoms with van der Waals surface area (Å²) in [6, 6.07) is 10.5. The molecule has 3 aromatic rings. The summed E-state index contributed by atoms with van der Waals surface area (Å²) >= 11 is 12.1. The first-order valence-electron chi connectivity index (χ1n) is 8.92. The van der Waals surface area contributed by atoms with Crippen molar-refractivity contribution in [3.63, 3.8) is 0 Å². The Morgan fingerprint density at radius 3 is 2.48 bits per heavy atom. The van der Waals surface area contributed by atoms with Gasteiger partial charge in [-0.05, 0) is 47.9 Å². The molecule has 2 aromatic carbocycles. The van der Waals surface area contributed by atoms with Gasteiger partial charge in [0.25, 0.3) is 0 Å². The Hall–Kier alpha value is -2.70. The van der Waals surface area contributed by atoms with Crippen molar-refractivity contribution in [3.8, 4) is 5.75 Å². The number of carboxylic acids is 2. The van der Waals surface area contributed by atoms with Crippen LogP contribution in [0, 0.1) is 5.92 Å². The van der Waals surface area contributed by atoms with Crippen LogP contribution in [0.1, 0.15) is 34.0 Å². The van der Waals surface area contributed by atoms with Gasteiger partial charge in [0, 0.05) is 23.4 Å². The van der Waals surface area contributed by atoms with E-state index in [9.17, 15) is 19.8 Å². The molecule has 6 nitrogen and oxygen atoms in total. The largest absolute Gasteiger partial charge is 0.497 e. The molecule has 0 amide bonds. The minimum atomic E-state index is -1.11. The van der Waals surface area contributed by atoms with Crippen molar-refractivity contribution in [2.75, 3.05) is 7.11 Å². The summed E-state index contributed by atoms with van der Waals surface area (Å²) < 4.78 is 6.99. The summed E-state index contributed by atoms with van der Waals surface area (Å²) in [5.41, 5.74) is 2.11. The van der Waals surface area contributed by atoms with E-state index in [2.05, 4.69) is 0 Å². The number of nitrogens with zero attached hydrogens (tertiary/aromatic N) is 1. The minimum Gasteiger partial charge on any atom is -0.497 e. The fourth-order valence-corrected chi connectivity index (χ4v) is 4.19. The van der Waals surface area contributed by atoms with E-state index in [0.29, 0.717) is 38.7 Å². The number of halogens is 2. The average Bonchev–Trinajstić information content (AvgIpc) is 3.41. The molecular weight excluding hydrogens is 417 g/mol. The molecule has 1 aromatic heterocycles. The number of carbonyl (C=O) groups is 2. The van der Waals surface area contributed by atoms with Crippen LogP contribution in [-0.2, 0) is 11.3 Å². The Morgan fingerprint density at radius 2 is 1.90 bits per heavy atom. The molecule has 29 heavy (non-hydrogen) atoms. The molecule has 150 valence electrons. The number of hydrogen-bond acceptors (Lipinski definition) is 3. The molecule has 1 saturated carbocycles. The lowest BCUT2D eigenvalue weighted by atomic mass is 10.0. The molecule has 1 aliphatic carbocycles. The Balaban J connectivity index is 1.93. The standard InChI is InChI=1S/C21H17Cl2NO5/c1-29-11-3-5-17-14(7-11)18(12-8-13(12)20(25)26)19(21(27)28)24(17)9-10-2-4-15(22)16(23)6-10/h2-7,12-13H,8-9H2,1H3,(H,25,26)(H,27,28)/t12-,13-/m1/s1. The smallest absolute Gasteiger partial charge is 0.352 e. The van der Waals surface area contributed by atoms with Gasteiger partial charge in [-0.1, -0.05) is 29.3 Å². The molecule has 0 bridgehead atoms. The lowest BCUT2D eigenvalue weighted by Gasteiger charge is -2.10. The van der Waals surface area contributed by atoms with Gasteiger partial charge in [0.2, 0.25) is 0 Å². The highest BCUT2D eigenvalue weighted by Crippen LogP contribution is 2.52. The molecule has 0 aliphatic heterocycles. The maximum Gasteiger partial charge on any atom is 0.352 e. The Kier molecular flexibility index (Phi) is 4.92. The van der Waals surface area contributed by atoms with Crippen LogP contribution in [0.15, 0.2) is 36.4 Å². The van der Waals surface area contributed by atoms with Crippen molar-refractivity contribution < 1.29 is 24.5 Å². The number of rotatable bonds is 6. The van der Waals surface area contributed by atoms with Crippen molar-refractivity contribution >= 4 is 46.0 Å². The number of methoxy groups -OCH3 is 1. The van der Waals surface area contributed by atoms with Gasteiger partial charge in [-0.15, -0.1) is 0 Å². The van der Waals surface area contributed by atoms with Crippen LogP contribution in [0.2, 0.25) is 10.0 Å². The number of aromatic nitrogens is 1. The van der Waals surface area contributed by atoms with Crippen LogP contribution in [0.25, 0.3) is 10.9 Å². The topological polar surface area (TPSA) is 88.8 Å². The van der Waals surface area contributed by atoms with Gasteiger partial charge in [0.05, 0.1) is 23.1 Å². The lowest BCUT2D eigenvalue weighted by Crippen LogP contribution is -2.12. The summed E-state index contributed by atoms with van der Waals surface area (Å²) in [6.07, 6.45) is 0.415. The molecule has 0 unspecified atom stereocenters. The zero-order valence-electron chi connectivity index (χ0n) is 15.4. The zero-order chi connectivity index (χ0) is 20.9. The number of carboxylic acid groups (broad SMARTS) is 2. The highest BCUT2D eigenvalue weighted by atomic mass is 35.5. The molecule has 4 rings (SSSR count). The Bertz CT molecular complexity index is 1150. The minimum absolute atomic E-state index is 0.0908. The first kappa shape index (κ1) is 19.6. The fraction of sp³-hybridized carbons (Fsp3) is 0.238. The molecule has 1 fully saturated rings. The van der Waals surface area contributed by atoms with E-state index in [1.54, 1.807) is 41.0 Å². The van der Waals surface area contributed by atoms with Crippen LogP contribution >= 0.6 is 23.2 Å². The van der Waals surface area contributed by atoms with E-state index < -0.39 is 17.9 Å². The number of benzene rings is 2. The van der Waals surface area contributed by atoms with Gasteiger partial charge in [-0.3, -0.25) is 4.79 Å². The van der Waals surface area contributed by atoms with E-state index in [4.69, 9.17) is 27.9 Å². The molecule has 2 atom stereocenters.